The molecule has 0 fully saturated rings. The summed E-state index contributed by atoms with van der Waals surface area (Å²) in [5.41, 5.74) is -0.912. The van der Waals surface area contributed by atoms with Crippen LogP contribution in [-0.4, -0.2) is 41.2 Å². The second-order valence-corrected chi connectivity index (χ2v) is 5.65. The molecule has 2 aromatic heterocycles. The zero-order valence-corrected chi connectivity index (χ0v) is 15.9. The number of carbonyl (C=O) groups is 1. The lowest BCUT2D eigenvalue weighted by Crippen LogP contribution is -2.35. The number of rotatable bonds is 4. The van der Waals surface area contributed by atoms with Crippen molar-refractivity contribution < 1.29 is 27.4 Å². The Morgan fingerprint density at radius 1 is 1.28 bits per heavy atom. The summed E-state index contributed by atoms with van der Waals surface area (Å²) in [6.07, 6.45) is -3.71. The molecule has 0 aromatic carbocycles. The molecule has 2 heterocycles. The first-order valence-corrected chi connectivity index (χ1v) is 8.18. The second-order valence-electron chi connectivity index (χ2n) is 5.24. The molecule has 0 unspecified atom stereocenters. The zero-order chi connectivity index (χ0) is 21.6. The number of amidine groups is 1. The monoisotopic (exact) mass is 428 g/mol. The molecule has 9 nitrogen and oxygen atoms in total. The maximum atomic E-state index is 12.9. The summed E-state index contributed by atoms with van der Waals surface area (Å²) in [5.74, 6) is -0.506. The standard InChI is InChI=1S/C16H15F3N6O3S/c1-21-15(26)28-11-5-8(16(17,18)19)7-23-13(11)25-14(29)24-12(20)10-6-9(27-2)3-4-22-10/h3-7H,1-2H3,(H,21,26)(H3,20,23,24,25,29). The lowest BCUT2D eigenvalue weighted by Gasteiger charge is -2.15. The van der Waals surface area contributed by atoms with E-state index in [4.69, 9.17) is 27.1 Å². The number of hydrogen-bond donors (Lipinski definition) is 4. The molecule has 0 saturated carbocycles. The van der Waals surface area contributed by atoms with Crippen LogP contribution in [0.5, 0.6) is 11.5 Å². The number of nitrogens with one attached hydrogen (secondary N) is 4. The topological polar surface area (TPSA) is 121 Å². The molecule has 0 atom stereocenters. The number of thiocarbonyl (C=S) groups is 1. The number of alkyl halides is 3. The third kappa shape index (κ3) is 6.00. The number of methoxy groups -OCH3 is 1. The summed E-state index contributed by atoms with van der Waals surface area (Å²) in [7, 11) is 2.69. The Hall–Kier alpha value is -3.48. The van der Waals surface area contributed by atoms with Crippen LogP contribution in [0.3, 0.4) is 0 Å². The summed E-state index contributed by atoms with van der Waals surface area (Å²) >= 11 is 5.04. The molecule has 29 heavy (non-hydrogen) atoms. The first-order valence-electron chi connectivity index (χ1n) is 7.77. The van der Waals surface area contributed by atoms with Gasteiger partial charge in [-0.15, -0.1) is 0 Å². The summed E-state index contributed by atoms with van der Waals surface area (Å²) in [5, 5.41) is 14.9. The van der Waals surface area contributed by atoms with Gasteiger partial charge in [-0.3, -0.25) is 10.4 Å². The predicted octanol–water partition coefficient (Wildman–Crippen LogP) is 2.53. The predicted molar refractivity (Wildman–Crippen MR) is 101 cm³/mol. The average Bonchev–Trinajstić information content (AvgIpc) is 2.68. The maximum absolute atomic E-state index is 12.9. The van der Waals surface area contributed by atoms with Crippen LogP contribution in [0, 0.1) is 5.41 Å². The molecule has 0 aliphatic carbocycles. The fraction of sp³-hybridized carbons (Fsp3) is 0.188. The average molecular weight is 428 g/mol. The summed E-state index contributed by atoms with van der Waals surface area (Å²) in [4.78, 5) is 19.0. The zero-order valence-electron chi connectivity index (χ0n) is 15.0. The molecular weight excluding hydrogens is 413 g/mol. The minimum absolute atomic E-state index is 0.186. The Morgan fingerprint density at radius 3 is 2.62 bits per heavy atom. The van der Waals surface area contributed by atoms with Crippen LogP contribution in [0.25, 0.3) is 0 Å². The first kappa shape index (κ1) is 21.8. The van der Waals surface area contributed by atoms with Crippen molar-refractivity contribution in [2.75, 3.05) is 19.5 Å². The number of hydrogen-bond acceptors (Lipinski definition) is 7. The van der Waals surface area contributed by atoms with Crippen LogP contribution in [-0.2, 0) is 6.18 Å². The van der Waals surface area contributed by atoms with Gasteiger partial charge in [-0.1, -0.05) is 0 Å². The SMILES string of the molecule is CNC(=O)Oc1cc(C(F)(F)F)cnc1NC(=S)NC(=N)c1cc(OC)ccn1. The Labute approximate surface area is 168 Å². The highest BCUT2D eigenvalue weighted by Crippen LogP contribution is 2.33. The van der Waals surface area contributed by atoms with E-state index in [0.717, 1.165) is 0 Å². The van der Waals surface area contributed by atoms with Gasteiger partial charge >= 0.3 is 12.3 Å². The Kier molecular flexibility index (Phi) is 6.88. The first-order chi connectivity index (χ1) is 13.6. The third-order valence-corrected chi connectivity index (χ3v) is 3.48. The van der Waals surface area contributed by atoms with Gasteiger partial charge in [0.15, 0.2) is 22.5 Å². The molecule has 13 heteroatoms. The summed E-state index contributed by atoms with van der Waals surface area (Å²) in [6.45, 7) is 0. The maximum Gasteiger partial charge on any atom is 0.418 e. The van der Waals surface area contributed by atoms with Gasteiger partial charge in [-0.05, 0) is 24.4 Å². The molecular formula is C16H15F3N6O3S. The fourth-order valence-corrected chi connectivity index (χ4v) is 2.11. The van der Waals surface area contributed by atoms with Gasteiger partial charge < -0.3 is 25.4 Å². The Bertz CT molecular complexity index is 938. The van der Waals surface area contributed by atoms with E-state index in [9.17, 15) is 18.0 Å². The molecule has 154 valence electrons. The minimum atomic E-state index is -4.69. The smallest absolute Gasteiger partial charge is 0.418 e. The quantitative estimate of drug-likeness (QED) is 0.333. The van der Waals surface area contributed by atoms with Crippen LogP contribution in [0.1, 0.15) is 11.3 Å². The molecule has 0 aliphatic heterocycles. The number of anilines is 1. The van der Waals surface area contributed by atoms with E-state index >= 15 is 0 Å². The highest BCUT2D eigenvalue weighted by atomic mass is 32.1. The highest BCUT2D eigenvalue weighted by molar-refractivity contribution is 7.80. The van der Waals surface area contributed by atoms with Crippen molar-refractivity contribution in [1.29, 1.82) is 5.41 Å². The van der Waals surface area contributed by atoms with Crippen LogP contribution < -0.4 is 25.4 Å². The van der Waals surface area contributed by atoms with E-state index in [1.807, 2.05) is 0 Å². The molecule has 0 spiro atoms. The fourth-order valence-electron chi connectivity index (χ4n) is 1.91. The largest absolute Gasteiger partial charge is 0.497 e. The Morgan fingerprint density at radius 2 is 2.00 bits per heavy atom. The van der Waals surface area contributed by atoms with E-state index in [-0.39, 0.29) is 22.5 Å². The van der Waals surface area contributed by atoms with Crippen LogP contribution >= 0.6 is 12.2 Å². The lowest BCUT2D eigenvalue weighted by atomic mass is 10.2. The molecule has 0 aliphatic rings. The third-order valence-electron chi connectivity index (χ3n) is 3.28. The lowest BCUT2D eigenvalue weighted by molar-refractivity contribution is -0.137. The minimum Gasteiger partial charge on any atom is -0.497 e. The van der Waals surface area contributed by atoms with Gasteiger partial charge in [0.1, 0.15) is 11.4 Å². The molecule has 0 radical (unpaired) electrons. The van der Waals surface area contributed by atoms with E-state index in [2.05, 4.69) is 25.9 Å². The van der Waals surface area contributed by atoms with Gasteiger partial charge in [0.2, 0.25) is 0 Å². The van der Waals surface area contributed by atoms with Crippen molar-refractivity contribution in [3.8, 4) is 11.5 Å². The normalized spacial score (nSPS) is 10.7. The van der Waals surface area contributed by atoms with Crippen LogP contribution in [0.4, 0.5) is 23.8 Å². The van der Waals surface area contributed by atoms with E-state index in [1.165, 1.54) is 26.4 Å². The van der Waals surface area contributed by atoms with E-state index in [1.54, 1.807) is 6.07 Å². The van der Waals surface area contributed by atoms with E-state index in [0.29, 0.717) is 18.0 Å². The van der Waals surface area contributed by atoms with Crippen LogP contribution in [0.15, 0.2) is 30.6 Å². The molecule has 4 N–H and O–H groups in total. The van der Waals surface area contributed by atoms with Crippen molar-refractivity contribution in [2.24, 2.45) is 0 Å². The molecule has 0 bridgehead atoms. The van der Waals surface area contributed by atoms with Gasteiger partial charge in [-0.2, -0.15) is 13.2 Å². The molecule has 2 rings (SSSR count). The van der Waals surface area contributed by atoms with Gasteiger partial charge in [-0.25, -0.2) is 9.78 Å². The summed E-state index contributed by atoms with van der Waals surface area (Å²) in [6, 6.07) is 3.67. The highest BCUT2D eigenvalue weighted by Gasteiger charge is 2.32. The van der Waals surface area contributed by atoms with Crippen molar-refractivity contribution in [2.45, 2.75) is 6.18 Å². The second kappa shape index (κ2) is 9.14. The number of ether oxygens (including phenoxy) is 2. The number of pyridine rings is 2. The number of aromatic nitrogens is 2. The number of halogens is 3. The number of carbonyl (C=O) groups excluding carboxylic acids is 1. The van der Waals surface area contributed by atoms with Crippen molar-refractivity contribution in [1.82, 2.24) is 20.6 Å². The van der Waals surface area contributed by atoms with Gasteiger partial charge in [0.05, 0.1) is 12.7 Å². The molecule has 0 saturated heterocycles. The van der Waals surface area contributed by atoms with Crippen molar-refractivity contribution in [3.05, 3.63) is 41.9 Å². The Balaban J connectivity index is 2.19. The van der Waals surface area contributed by atoms with Crippen molar-refractivity contribution in [3.63, 3.8) is 0 Å². The number of amides is 1. The van der Waals surface area contributed by atoms with Crippen LogP contribution in [0.2, 0.25) is 0 Å². The van der Waals surface area contributed by atoms with E-state index < -0.39 is 23.6 Å². The van der Waals surface area contributed by atoms with Crippen molar-refractivity contribution >= 4 is 35.1 Å². The van der Waals surface area contributed by atoms with Gasteiger partial charge in [0, 0.05) is 25.5 Å². The summed E-state index contributed by atoms with van der Waals surface area (Å²) < 4.78 is 48.6. The van der Waals surface area contributed by atoms with Gasteiger partial charge in [0.25, 0.3) is 0 Å². The molecule has 1 amide bonds. The molecule has 2 aromatic rings. The number of nitrogens with zero attached hydrogens (tertiary/aromatic N) is 2.